The number of thioether (sulfide) groups is 1. The maximum absolute atomic E-state index is 14.1. The zero-order valence-corrected chi connectivity index (χ0v) is 18.4. The van der Waals surface area contributed by atoms with E-state index in [-0.39, 0.29) is 17.3 Å². The van der Waals surface area contributed by atoms with Crippen LogP contribution in [0.3, 0.4) is 0 Å². The summed E-state index contributed by atoms with van der Waals surface area (Å²) in [7, 11) is 0. The maximum Gasteiger partial charge on any atom is 0.241 e. The van der Waals surface area contributed by atoms with Gasteiger partial charge in [-0.05, 0) is 37.6 Å². The minimum Gasteiger partial charge on any atom is -0.466 e. The SMILES string of the molecule is CC(O/C(=N\N)c1ccccc1F)c1nc(-c2ccc(SC3CCOC3)cc2)cnc1N. The molecule has 7 nitrogen and oxygen atoms in total. The van der Waals surface area contributed by atoms with Crippen LogP contribution < -0.4 is 11.6 Å². The molecular formula is C23H24FN5O2S. The molecule has 166 valence electrons. The van der Waals surface area contributed by atoms with Crippen molar-refractivity contribution in [2.45, 2.75) is 29.6 Å². The molecule has 4 N–H and O–H groups in total. The number of rotatable bonds is 6. The van der Waals surface area contributed by atoms with E-state index in [1.54, 1.807) is 25.3 Å². The summed E-state index contributed by atoms with van der Waals surface area (Å²) in [6, 6.07) is 14.2. The van der Waals surface area contributed by atoms with Gasteiger partial charge in [0.2, 0.25) is 5.90 Å². The van der Waals surface area contributed by atoms with E-state index in [9.17, 15) is 4.39 Å². The first-order valence-electron chi connectivity index (χ1n) is 10.2. The molecule has 1 aromatic heterocycles. The molecule has 1 fully saturated rings. The lowest BCUT2D eigenvalue weighted by Gasteiger charge is -2.17. The van der Waals surface area contributed by atoms with Gasteiger partial charge in [-0.3, -0.25) is 0 Å². The van der Waals surface area contributed by atoms with Crippen LogP contribution in [0, 0.1) is 5.82 Å². The van der Waals surface area contributed by atoms with Gasteiger partial charge in [0.05, 0.1) is 24.1 Å². The number of nitrogens with zero attached hydrogens (tertiary/aromatic N) is 3. The van der Waals surface area contributed by atoms with E-state index < -0.39 is 11.9 Å². The number of hydrazone groups is 1. The fraction of sp³-hybridized carbons (Fsp3) is 0.261. The molecule has 2 atom stereocenters. The lowest BCUT2D eigenvalue weighted by atomic mass is 10.1. The highest BCUT2D eigenvalue weighted by Crippen LogP contribution is 2.31. The second-order valence-corrected chi connectivity index (χ2v) is 8.70. The van der Waals surface area contributed by atoms with Crippen LogP contribution in [0.4, 0.5) is 10.2 Å². The monoisotopic (exact) mass is 453 g/mol. The van der Waals surface area contributed by atoms with Gasteiger partial charge in [-0.2, -0.15) is 0 Å². The summed E-state index contributed by atoms with van der Waals surface area (Å²) in [5, 5.41) is 4.10. The number of hydrogen-bond donors (Lipinski definition) is 2. The summed E-state index contributed by atoms with van der Waals surface area (Å²) >= 11 is 1.82. The largest absolute Gasteiger partial charge is 0.466 e. The van der Waals surface area contributed by atoms with Gasteiger partial charge in [-0.1, -0.05) is 24.3 Å². The Labute approximate surface area is 190 Å². The fourth-order valence-corrected chi connectivity index (χ4v) is 4.43. The predicted octanol–water partition coefficient (Wildman–Crippen LogP) is 4.14. The summed E-state index contributed by atoms with van der Waals surface area (Å²) in [6.45, 7) is 3.35. The Hall–Kier alpha value is -3.17. The lowest BCUT2D eigenvalue weighted by Crippen LogP contribution is -2.16. The predicted molar refractivity (Wildman–Crippen MR) is 124 cm³/mol. The molecule has 9 heteroatoms. The van der Waals surface area contributed by atoms with E-state index >= 15 is 0 Å². The molecule has 3 aromatic rings. The second-order valence-electron chi connectivity index (χ2n) is 7.33. The number of anilines is 1. The van der Waals surface area contributed by atoms with Crippen molar-refractivity contribution in [3.63, 3.8) is 0 Å². The van der Waals surface area contributed by atoms with Crippen LogP contribution >= 0.6 is 11.8 Å². The van der Waals surface area contributed by atoms with Crippen LogP contribution in [0.25, 0.3) is 11.3 Å². The molecule has 2 unspecified atom stereocenters. The molecule has 0 spiro atoms. The van der Waals surface area contributed by atoms with E-state index in [2.05, 4.69) is 27.2 Å². The van der Waals surface area contributed by atoms with E-state index in [1.165, 1.54) is 17.0 Å². The molecule has 0 amide bonds. The van der Waals surface area contributed by atoms with Gasteiger partial charge in [0, 0.05) is 22.3 Å². The van der Waals surface area contributed by atoms with Gasteiger partial charge in [-0.15, -0.1) is 16.9 Å². The van der Waals surface area contributed by atoms with Crippen LogP contribution in [-0.4, -0.2) is 34.3 Å². The topological polar surface area (TPSA) is 109 Å². The highest BCUT2D eigenvalue weighted by molar-refractivity contribution is 8.00. The summed E-state index contributed by atoms with van der Waals surface area (Å²) in [4.78, 5) is 10.1. The average Bonchev–Trinajstić information content (AvgIpc) is 3.32. The molecule has 1 aliphatic heterocycles. The Balaban J connectivity index is 1.52. The zero-order chi connectivity index (χ0) is 22.5. The van der Waals surface area contributed by atoms with E-state index in [1.807, 2.05) is 23.9 Å². The van der Waals surface area contributed by atoms with E-state index in [0.29, 0.717) is 16.6 Å². The minimum absolute atomic E-state index is 0.0422. The van der Waals surface area contributed by atoms with E-state index in [4.69, 9.17) is 21.1 Å². The smallest absolute Gasteiger partial charge is 0.241 e. The van der Waals surface area contributed by atoms with Crippen molar-refractivity contribution in [3.8, 4) is 11.3 Å². The molecule has 2 aromatic carbocycles. The van der Waals surface area contributed by atoms with Gasteiger partial charge in [0.25, 0.3) is 0 Å². The third-order valence-corrected chi connectivity index (χ3v) is 6.31. The summed E-state index contributed by atoms with van der Waals surface area (Å²) in [5.74, 6) is 5.14. The quantitative estimate of drug-likeness (QED) is 0.250. The lowest BCUT2D eigenvalue weighted by molar-refractivity contribution is 0.199. The Bertz CT molecular complexity index is 1100. The number of ether oxygens (including phenoxy) is 2. The van der Waals surface area contributed by atoms with Crippen molar-refractivity contribution in [1.29, 1.82) is 0 Å². The molecule has 0 aliphatic carbocycles. The number of aromatic nitrogens is 2. The Kier molecular flexibility index (Phi) is 6.87. The van der Waals surface area contributed by atoms with Gasteiger partial charge in [0.1, 0.15) is 23.4 Å². The molecule has 0 saturated carbocycles. The normalized spacial score (nSPS) is 17.3. The summed E-state index contributed by atoms with van der Waals surface area (Å²) in [6.07, 6.45) is 2.03. The van der Waals surface area contributed by atoms with Crippen molar-refractivity contribution in [3.05, 3.63) is 71.8 Å². The molecule has 0 radical (unpaired) electrons. The van der Waals surface area contributed by atoms with Crippen LogP contribution in [0.2, 0.25) is 0 Å². The van der Waals surface area contributed by atoms with Crippen molar-refractivity contribution >= 4 is 23.5 Å². The van der Waals surface area contributed by atoms with Crippen molar-refractivity contribution in [1.82, 2.24) is 9.97 Å². The third-order valence-electron chi connectivity index (χ3n) is 5.06. The maximum atomic E-state index is 14.1. The van der Waals surface area contributed by atoms with Crippen molar-refractivity contribution in [2.75, 3.05) is 18.9 Å². The first-order valence-corrected chi connectivity index (χ1v) is 11.1. The highest BCUT2D eigenvalue weighted by Gasteiger charge is 2.20. The van der Waals surface area contributed by atoms with Crippen molar-refractivity contribution < 1.29 is 13.9 Å². The van der Waals surface area contributed by atoms with Crippen molar-refractivity contribution in [2.24, 2.45) is 10.9 Å². The first-order chi connectivity index (χ1) is 15.5. The van der Waals surface area contributed by atoms with Gasteiger partial charge >= 0.3 is 0 Å². The van der Waals surface area contributed by atoms with Gasteiger partial charge in [0.15, 0.2) is 0 Å². The van der Waals surface area contributed by atoms with Crippen LogP contribution in [0.15, 0.2) is 64.7 Å². The number of nitrogen functional groups attached to an aromatic ring is 1. The number of halogens is 1. The van der Waals surface area contributed by atoms with Crippen LogP contribution in [0.1, 0.15) is 30.7 Å². The second kappa shape index (κ2) is 9.97. The molecular weight excluding hydrogens is 429 g/mol. The Morgan fingerprint density at radius 3 is 2.72 bits per heavy atom. The van der Waals surface area contributed by atoms with Crippen LogP contribution in [0.5, 0.6) is 0 Å². The Morgan fingerprint density at radius 2 is 2.03 bits per heavy atom. The molecule has 1 aliphatic rings. The summed E-state index contributed by atoms with van der Waals surface area (Å²) in [5.41, 5.74) is 8.19. The van der Waals surface area contributed by atoms with Gasteiger partial charge in [-0.25, -0.2) is 14.4 Å². The molecule has 0 bridgehead atoms. The summed E-state index contributed by atoms with van der Waals surface area (Å²) < 4.78 is 25.4. The first kappa shape index (κ1) is 22.0. The van der Waals surface area contributed by atoms with Crippen LogP contribution in [-0.2, 0) is 9.47 Å². The molecule has 2 heterocycles. The highest BCUT2D eigenvalue weighted by atomic mass is 32.2. The zero-order valence-electron chi connectivity index (χ0n) is 17.6. The number of benzene rings is 2. The van der Waals surface area contributed by atoms with E-state index in [0.717, 1.165) is 25.2 Å². The number of hydrogen-bond acceptors (Lipinski definition) is 8. The fourth-order valence-electron chi connectivity index (χ4n) is 3.37. The van der Waals surface area contributed by atoms with Gasteiger partial charge < -0.3 is 21.1 Å². The standard InChI is InChI=1S/C23H24FN5O2S/c1-14(31-23(29-26)18-4-2-3-5-19(18)24)21-22(25)27-12-20(28-21)15-6-8-16(9-7-15)32-17-10-11-30-13-17/h2-9,12,14,17H,10-11,13,26H2,1H3,(H2,25,27)/b29-23-. The minimum atomic E-state index is -0.651. The molecule has 4 rings (SSSR count). The number of nitrogens with two attached hydrogens (primary N) is 2. The average molecular weight is 454 g/mol. The Morgan fingerprint density at radius 1 is 1.25 bits per heavy atom. The third kappa shape index (κ3) is 5.00. The molecule has 1 saturated heterocycles. The molecule has 32 heavy (non-hydrogen) atoms.